The smallest absolute Gasteiger partial charge is 0.254 e. The Morgan fingerprint density at radius 2 is 1.82 bits per heavy atom. The predicted molar refractivity (Wildman–Crippen MR) is 133 cm³/mol. The van der Waals surface area contributed by atoms with Crippen molar-refractivity contribution in [3.63, 3.8) is 0 Å². The van der Waals surface area contributed by atoms with Crippen LogP contribution in [-0.4, -0.2) is 25.1 Å². The van der Waals surface area contributed by atoms with Gasteiger partial charge in [-0.25, -0.2) is 0 Å². The second kappa shape index (κ2) is 9.10. The summed E-state index contributed by atoms with van der Waals surface area (Å²) in [7, 11) is 1.58. The van der Waals surface area contributed by atoms with E-state index in [1.54, 1.807) is 18.9 Å². The molecule has 0 bridgehead atoms. The van der Waals surface area contributed by atoms with Crippen LogP contribution >= 0.6 is 11.8 Å². The lowest BCUT2D eigenvalue weighted by Crippen LogP contribution is -2.39. The Labute approximate surface area is 199 Å². The monoisotopic (exact) mass is 462 g/mol. The zero-order chi connectivity index (χ0) is 23.8. The highest BCUT2D eigenvalue weighted by molar-refractivity contribution is 7.98. The first-order valence-corrected chi connectivity index (χ1v) is 12.3. The molecule has 0 aromatic heterocycles. The Morgan fingerprint density at radius 3 is 2.48 bits per heavy atom. The summed E-state index contributed by atoms with van der Waals surface area (Å²) in [5.74, 6) is 0.0232. The Bertz CT molecular complexity index is 1160. The fraction of sp³-hybridized carbons (Fsp3) is 0.333. The number of hydrogen-bond acceptors (Lipinski definition) is 5. The number of dihydropyridines is 1. The molecule has 0 saturated heterocycles. The normalized spacial score (nSPS) is 19.7. The molecule has 5 nitrogen and oxygen atoms in total. The minimum atomic E-state index is -0.421. The van der Waals surface area contributed by atoms with Crippen molar-refractivity contribution in [2.24, 2.45) is 5.41 Å². The average Bonchev–Trinajstić information content (AvgIpc) is 2.77. The maximum Gasteiger partial charge on any atom is 0.254 e. The van der Waals surface area contributed by atoms with Crippen LogP contribution in [0.3, 0.4) is 0 Å². The quantitative estimate of drug-likeness (QED) is 0.561. The molecule has 1 heterocycles. The average molecular weight is 463 g/mol. The van der Waals surface area contributed by atoms with Gasteiger partial charge in [-0.15, -0.1) is 11.8 Å². The van der Waals surface area contributed by atoms with Crippen molar-refractivity contribution in [2.75, 3.05) is 18.7 Å². The molecule has 1 aliphatic carbocycles. The first kappa shape index (κ1) is 23.2. The molecule has 0 unspecified atom stereocenters. The van der Waals surface area contributed by atoms with E-state index < -0.39 is 5.92 Å². The molecule has 0 fully saturated rings. The minimum absolute atomic E-state index is 0.0998. The number of rotatable bonds is 5. The third-order valence-electron chi connectivity index (χ3n) is 6.29. The summed E-state index contributed by atoms with van der Waals surface area (Å²) in [5.41, 5.74) is 4.39. The molecule has 172 valence electrons. The summed E-state index contributed by atoms with van der Waals surface area (Å²) in [6, 6.07) is 15.5. The number of carbonyl (C=O) groups is 2. The fourth-order valence-corrected chi connectivity index (χ4v) is 5.21. The number of ether oxygens (including phenoxy) is 1. The topological polar surface area (TPSA) is 67.4 Å². The molecule has 6 heteroatoms. The molecular weight excluding hydrogens is 432 g/mol. The zero-order valence-electron chi connectivity index (χ0n) is 19.7. The van der Waals surface area contributed by atoms with Crippen LogP contribution in [0.1, 0.15) is 45.1 Å². The van der Waals surface area contributed by atoms with E-state index in [4.69, 9.17) is 4.74 Å². The third-order valence-corrected chi connectivity index (χ3v) is 7.03. The van der Waals surface area contributed by atoms with E-state index in [1.165, 1.54) is 0 Å². The standard InChI is InChI=1S/C27H30N2O3S/c1-16-23(26(31)29-19-8-6-7-9-22(19)32-4)24(17-10-12-18(33-5)13-11-17)25-20(28-16)14-27(2,3)15-21(25)30/h6-13,24,28H,14-15H2,1-5H3,(H,29,31)/t24-/m1/s1. The van der Waals surface area contributed by atoms with Crippen molar-refractivity contribution in [1.82, 2.24) is 5.32 Å². The number of ketones is 1. The molecule has 1 atom stereocenters. The molecule has 2 N–H and O–H groups in total. The lowest BCUT2D eigenvalue weighted by molar-refractivity contribution is -0.118. The number of para-hydroxylation sites is 2. The highest BCUT2D eigenvalue weighted by atomic mass is 32.2. The Balaban J connectivity index is 1.80. The van der Waals surface area contributed by atoms with Crippen LogP contribution in [0.15, 0.2) is 76.0 Å². The lowest BCUT2D eigenvalue weighted by Gasteiger charge is -2.39. The van der Waals surface area contributed by atoms with E-state index in [1.807, 2.05) is 61.7 Å². The third kappa shape index (κ3) is 4.58. The number of hydrogen-bond donors (Lipinski definition) is 2. The van der Waals surface area contributed by atoms with E-state index in [2.05, 4.69) is 24.5 Å². The van der Waals surface area contributed by atoms with Gasteiger partial charge in [0.15, 0.2) is 5.78 Å². The molecule has 1 amide bonds. The molecule has 2 aromatic carbocycles. The molecule has 2 aromatic rings. The van der Waals surface area contributed by atoms with Crippen molar-refractivity contribution in [2.45, 2.75) is 44.4 Å². The van der Waals surface area contributed by atoms with Gasteiger partial charge in [-0.2, -0.15) is 0 Å². The van der Waals surface area contributed by atoms with Gasteiger partial charge >= 0.3 is 0 Å². The van der Waals surface area contributed by atoms with Gasteiger partial charge in [-0.3, -0.25) is 9.59 Å². The number of allylic oxidation sites excluding steroid dienone is 3. The zero-order valence-corrected chi connectivity index (χ0v) is 20.6. The Kier molecular flexibility index (Phi) is 6.39. The number of benzene rings is 2. The molecule has 0 saturated carbocycles. The van der Waals surface area contributed by atoms with Gasteiger partial charge in [0.1, 0.15) is 5.75 Å². The first-order chi connectivity index (χ1) is 15.7. The minimum Gasteiger partial charge on any atom is -0.495 e. The van der Waals surface area contributed by atoms with Crippen molar-refractivity contribution in [1.29, 1.82) is 0 Å². The van der Waals surface area contributed by atoms with E-state index in [-0.39, 0.29) is 17.1 Å². The Hall–Kier alpha value is -2.99. The van der Waals surface area contributed by atoms with Gasteiger partial charge in [0.25, 0.3) is 5.91 Å². The molecular formula is C27H30N2O3S. The SMILES string of the molecule is COc1ccccc1NC(=O)C1=C(C)NC2=C(C(=O)CC(C)(C)C2)[C@@H]1c1ccc(SC)cc1. The summed E-state index contributed by atoms with van der Waals surface area (Å²) < 4.78 is 5.41. The van der Waals surface area contributed by atoms with Gasteiger partial charge in [0, 0.05) is 39.8 Å². The Morgan fingerprint density at radius 1 is 1.12 bits per heavy atom. The fourth-order valence-electron chi connectivity index (χ4n) is 4.80. The van der Waals surface area contributed by atoms with E-state index in [0.717, 1.165) is 28.3 Å². The van der Waals surface area contributed by atoms with Crippen molar-refractivity contribution in [3.05, 3.63) is 76.6 Å². The van der Waals surface area contributed by atoms with E-state index >= 15 is 0 Å². The highest BCUT2D eigenvalue weighted by Crippen LogP contribution is 2.47. The van der Waals surface area contributed by atoms with Gasteiger partial charge in [0.2, 0.25) is 0 Å². The molecule has 2 aliphatic rings. The van der Waals surface area contributed by atoms with Crippen molar-refractivity contribution >= 4 is 29.1 Å². The molecule has 0 radical (unpaired) electrons. The summed E-state index contributed by atoms with van der Waals surface area (Å²) in [6.45, 7) is 6.14. The number of nitrogens with one attached hydrogen (secondary N) is 2. The number of thioether (sulfide) groups is 1. The van der Waals surface area contributed by atoms with Crippen LogP contribution in [-0.2, 0) is 9.59 Å². The molecule has 4 rings (SSSR count). The lowest BCUT2D eigenvalue weighted by atomic mass is 9.68. The van der Waals surface area contributed by atoms with Crippen LogP contribution < -0.4 is 15.4 Å². The maximum atomic E-state index is 13.7. The van der Waals surface area contributed by atoms with Crippen LogP contribution in [0.4, 0.5) is 5.69 Å². The predicted octanol–water partition coefficient (Wildman–Crippen LogP) is 5.66. The summed E-state index contributed by atoms with van der Waals surface area (Å²) in [5, 5.41) is 6.42. The summed E-state index contributed by atoms with van der Waals surface area (Å²) >= 11 is 1.66. The van der Waals surface area contributed by atoms with Gasteiger partial charge in [-0.1, -0.05) is 38.1 Å². The van der Waals surface area contributed by atoms with E-state index in [0.29, 0.717) is 29.0 Å². The van der Waals surface area contributed by atoms with Crippen molar-refractivity contribution < 1.29 is 14.3 Å². The van der Waals surface area contributed by atoms with Gasteiger partial charge < -0.3 is 15.4 Å². The molecule has 1 aliphatic heterocycles. The second-order valence-electron chi connectivity index (χ2n) is 9.36. The van der Waals surface area contributed by atoms with Crippen LogP contribution in [0.5, 0.6) is 5.75 Å². The second-order valence-corrected chi connectivity index (χ2v) is 10.2. The number of carbonyl (C=O) groups excluding carboxylic acids is 2. The summed E-state index contributed by atoms with van der Waals surface area (Å²) in [6.07, 6.45) is 3.27. The molecule has 0 spiro atoms. The van der Waals surface area contributed by atoms with E-state index in [9.17, 15) is 9.59 Å². The maximum absolute atomic E-state index is 13.7. The van der Waals surface area contributed by atoms with Crippen LogP contribution in [0, 0.1) is 5.41 Å². The van der Waals surface area contributed by atoms with Crippen LogP contribution in [0.2, 0.25) is 0 Å². The number of anilines is 1. The largest absolute Gasteiger partial charge is 0.495 e. The first-order valence-electron chi connectivity index (χ1n) is 11.1. The number of methoxy groups -OCH3 is 1. The summed E-state index contributed by atoms with van der Waals surface area (Å²) in [4.78, 5) is 28.2. The van der Waals surface area contributed by atoms with Gasteiger partial charge in [0.05, 0.1) is 12.8 Å². The van der Waals surface area contributed by atoms with Crippen LogP contribution in [0.25, 0.3) is 0 Å². The number of Topliss-reactive ketones (excluding diaryl/α,β-unsaturated/α-hetero) is 1. The molecule has 33 heavy (non-hydrogen) atoms. The number of amides is 1. The van der Waals surface area contributed by atoms with Gasteiger partial charge in [-0.05, 0) is 54.8 Å². The van der Waals surface area contributed by atoms with Crippen molar-refractivity contribution in [3.8, 4) is 5.75 Å². The highest BCUT2D eigenvalue weighted by Gasteiger charge is 2.42.